The topological polar surface area (TPSA) is 216 Å². The number of aryl methyl sites for hydroxylation is 1. The standard InChI is InChI=1S/C25H23N7O8S3/c1-30-4-2-14(3-5-30)41-9-12-10-42-23-19(22(36)32(23)20(12)24(37)38)28-21(35)18(15-11-43-25(26)27-15)29-40-8-13-6-16(33)17(34)7-31(13)39/h2-7,11,19,23,39H,8-10H2,1H3,(H4-,26,27,28,34,35,37,38)/b29-18-/t19-,23-/m1/s1. The lowest BCUT2D eigenvalue weighted by Crippen LogP contribution is -2.71. The molecule has 2 aliphatic rings. The third kappa shape index (κ3) is 6.30. The number of nitrogens with two attached hydrogens (primary N) is 1. The molecule has 0 unspecified atom stereocenters. The van der Waals surface area contributed by atoms with Crippen LogP contribution in [0.4, 0.5) is 5.13 Å². The first-order chi connectivity index (χ1) is 20.5. The molecule has 0 aliphatic carbocycles. The van der Waals surface area contributed by atoms with Gasteiger partial charge in [-0.2, -0.15) is 4.73 Å². The van der Waals surface area contributed by atoms with Crippen LogP contribution in [0, 0.1) is 0 Å². The summed E-state index contributed by atoms with van der Waals surface area (Å²) in [5, 5.41) is 38.6. The second-order valence-electron chi connectivity index (χ2n) is 9.23. The highest BCUT2D eigenvalue weighted by molar-refractivity contribution is 8.01. The third-order valence-corrected chi connectivity index (χ3v) is 9.44. The monoisotopic (exact) mass is 645 g/mol. The lowest BCUT2D eigenvalue weighted by Gasteiger charge is -2.50. The molecule has 3 aromatic heterocycles. The number of nitrogens with zero attached hydrogens (tertiary/aromatic N) is 5. The minimum Gasteiger partial charge on any atom is -0.543 e. The number of amides is 2. The highest BCUT2D eigenvalue weighted by Gasteiger charge is 2.53. The number of aromatic nitrogens is 3. The van der Waals surface area contributed by atoms with Crippen molar-refractivity contribution < 1.29 is 39.2 Å². The highest BCUT2D eigenvalue weighted by Crippen LogP contribution is 2.41. The number of oxime groups is 1. The van der Waals surface area contributed by atoms with E-state index in [-0.39, 0.29) is 27.9 Å². The van der Waals surface area contributed by atoms with Gasteiger partial charge in [-0.3, -0.25) is 19.3 Å². The Morgan fingerprint density at radius 3 is 2.77 bits per heavy atom. The van der Waals surface area contributed by atoms with Gasteiger partial charge in [-0.05, 0) is 5.57 Å². The van der Waals surface area contributed by atoms with Crippen LogP contribution in [0.3, 0.4) is 0 Å². The van der Waals surface area contributed by atoms with Crippen LogP contribution in [0.15, 0.2) is 68.3 Å². The molecule has 18 heteroatoms. The van der Waals surface area contributed by atoms with E-state index in [0.29, 0.717) is 21.8 Å². The van der Waals surface area contributed by atoms with Gasteiger partial charge >= 0.3 is 0 Å². The average molecular weight is 646 g/mol. The Kier molecular flexibility index (Phi) is 8.60. The van der Waals surface area contributed by atoms with Crippen LogP contribution >= 0.6 is 34.9 Å². The van der Waals surface area contributed by atoms with E-state index in [0.717, 1.165) is 33.4 Å². The first-order valence-corrected chi connectivity index (χ1v) is 15.3. The number of thioether (sulfide) groups is 2. The number of rotatable bonds is 10. The highest BCUT2D eigenvalue weighted by atomic mass is 32.2. The quantitative estimate of drug-likeness (QED) is 0.0509. The van der Waals surface area contributed by atoms with E-state index in [1.165, 1.54) is 28.9 Å². The number of carbonyl (C=O) groups excluding carboxylic acids is 3. The molecule has 224 valence electrons. The molecule has 0 radical (unpaired) electrons. The molecule has 0 bridgehead atoms. The number of anilines is 1. The Bertz CT molecular complexity index is 1720. The predicted octanol–water partition coefficient (Wildman–Crippen LogP) is -1.23. The summed E-state index contributed by atoms with van der Waals surface area (Å²) >= 11 is 3.76. The summed E-state index contributed by atoms with van der Waals surface area (Å²) in [6.45, 7) is -0.473. The minimum absolute atomic E-state index is 0.0381. The van der Waals surface area contributed by atoms with Crippen LogP contribution < -0.4 is 26.2 Å². The van der Waals surface area contributed by atoms with Crippen molar-refractivity contribution in [3.63, 3.8) is 0 Å². The average Bonchev–Trinajstić information content (AvgIpc) is 3.41. The fraction of sp³-hybridized carbons (Fsp3) is 0.240. The number of carboxylic acid groups (broad SMARTS) is 1. The summed E-state index contributed by atoms with van der Waals surface area (Å²) in [6, 6.07) is 3.64. The zero-order valence-corrected chi connectivity index (χ0v) is 24.6. The summed E-state index contributed by atoms with van der Waals surface area (Å²) in [5.74, 6) is -3.01. The fourth-order valence-corrected chi connectivity index (χ4v) is 7.09. The van der Waals surface area contributed by atoms with Crippen molar-refractivity contribution in [1.29, 1.82) is 0 Å². The van der Waals surface area contributed by atoms with Gasteiger partial charge < -0.3 is 36.1 Å². The molecule has 2 atom stereocenters. The molecule has 2 amide bonds. The van der Waals surface area contributed by atoms with Gasteiger partial charge in [0.15, 0.2) is 35.6 Å². The zero-order valence-electron chi connectivity index (χ0n) is 22.2. The molecule has 2 aliphatic heterocycles. The molecule has 1 fully saturated rings. The maximum atomic E-state index is 13.3. The van der Waals surface area contributed by atoms with Crippen molar-refractivity contribution in [1.82, 2.24) is 19.9 Å². The number of nitrogen functional groups attached to an aromatic ring is 1. The van der Waals surface area contributed by atoms with Crippen molar-refractivity contribution in [2.45, 2.75) is 22.9 Å². The molecular weight excluding hydrogens is 623 g/mol. The van der Waals surface area contributed by atoms with Crippen LogP contribution in [-0.2, 0) is 32.9 Å². The maximum Gasteiger partial charge on any atom is 0.276 e. The molecule has 5 rings (SSSR count). The van der Waals surface area contributed by atoms with Crippen molar-refractivity contribution in [2.24, 2.45) is 12.2 Å². The van der Waals surface area contributed by atoms with E-state index in [4.69, 9.17) is 10.6 Å². The fourth-order valence-electron chi connectivity index (χ4n) is 4.17. The number of hydrogen-bond donors (Lipinski definition) is 4. The number of carbonyl (C=O) groups is 3. The van der Waals surface area contributed by atoms with Crippen molar-refractivity contribution >= 4 is 63.5 Å². The number of hydrogen-bond acceptors (Lipinski definition) is 14. The molecule has 0 saturated carbocycles. The lowest BCUT2D eigenvalue weighted by molar-refractivity contribution is -0.671. The molecule has 1 saturated heterocycles. The van der Waals surface area contributed by atoms with Gasteiger partial charge in [0.25, 0.3) is 11.8 Å². The minimum atomic E-state index is -1.48. The second-order valence-corrected chi connectivity index (χ2v) is 12.3. The summed E-state index contributed by atoms with van der Waals surface area (Å²) in [7, 11) is 1.88. The van der Waals surface area contributed by atoms with Crippen molar-refractivity contribution in [2.75, 3.05) is 17.2 Å². The van der Waals surface area contributed by atoms with Gasteiger partial charge in [-0.15, -0.1) is 34.9 Å². The molecule has 3 aromatic rings. The van der Waals surface area contributed by atoms with Crippen LogP contribution in [-0.4, -0.2) is 71.3 Å². The lowest BCUT2D eigenvalue weighted by atomic mass is 10.0. The van der Waals surface area contributed by atoms with E-state index in [1.807, 2.05) is 36.1 Å². The summed E-state index contributed by atoms with van der Waals surface area (Å²) in [4.78, 5) is 61.5. The van der Waals surface area contributed by atoms with E-state index in [9.17, 15) is 34.6 Å². The summed E-state index contributed by atoms with van der Waals surface area (Å²) in [6.07, 6.45) is 4.51. The van der Waals surface area contributed by atoms with Gasteiger partial charge in [0.2, 0.25) is 5.43 Å². The number of β-lactam (4-membered cyclic amide) rings is 1. The number of aromatic hydroxyl groups is 1. The molecule has 0 aromatic carbocycles. The normalized spacial score (nSPS) is 18.2. The molecule has 15 nitrogen and oxygen atoms in total. The second kappa shape index (κ2) is 12.4. The van der Waals surface area contributed by atoms with Gasteiger partial charge in [0.05, 0.1) is 17.9 Å². The Balaban J connectivity index is 1.30. The molecule has 5 heterocycles. The number of thiazole rings is 1. The summed E-state index contributed by atoms with van der Waals surface area (Å²) in [5.41, 5.74) is 4.88. The van der Waals surface area contributed by atoms with E-state index in [1.54, 1.807) is 0 Å². The smallest absolute Gasteiger partial charge is 0.276 e. The number of aliphatic carboxylic acids is 1. The molecule has 0 spiro atoms. The number of nitrogens with one attached hydrogen (secondary N) is 1. The molecule has 43 heavy (non-hydrogen) atoms. The third-order valence-electron chi connectivity index (χ3n) is 6.33. The zero-order chi connectivity index (χ0) is 30.8. The van der Waals surface area contributed by atoms with Crippen LogP contribution in [0.1, 0.15) is 11.4 Å². The summed E-state index contributed by atoms with van der Waals surface area (Å²) < 4.78 is 2.34. The Morgan fingerprint density at radius 1 is 1.35 bits per heavy atom. The van der Waals surface area contributed by atoms with Crippen LogP contribution in [0.5, 0.6) is 5.75 Å². The van der Waals surface area contributed by atoms with Crippen LogP contribution in [0.25, 0.3) is 0 Å². The van der Waals surface area contributed by atoms with Gasteiger partial charge in [-0.25, -0.2) is 9.55 Å². The van der Waals surface area contributed by atoms with Crippen LogP contribution in [0.2, 0.25) is 0 Å². The van der Waals surface area contributed by atoms with Crippen molar-refractivity contribution in [3.05, 3.63) is 75.1 Å². The molecular formula is C25H23N7O8S3. The predicted molar refractivity (Wildman–Crippen MR) is 153 cm³/mol. The molecule has 5 N–H and O–H groups in total. The maximum absolute atomic E-state index is 13.3. The van der Waals surface area contributed by atoms with Crippen molar-refractivity contribution in [3.8, 4) is 5.75 Å². The van der Waals surface area contributed by atoms with E-state index < -0.39 is 47.0 Å². The SMILES string of the molecule is C[n+]1ccc(SCC2=C(C(=O)[O-])N3C(=O)[C@@H](NC(=O)/C(=N\OCc4cc(=O)c(O)cn4O)c4csc(N)n4)[C@H]3SC2)cc1. The number of pyridine rings is 2. The Morgan fingerprint density at radius 2 is 2.09 bits per heavy atom. The van der Waals surface area contributed by atoms with Gasteiger partial charge in [-0.1, -0.05) is 5.16 Å². The Labute approximate surface area is 255 Å². The first kappa shape index (κ1) is 29.9. The number of fused-ring (bicyclic) bond motifs is 1. The Hall–Kier alpha value is -4.55. The van der Waals surface area contributed by atoms with Gasteiger partial charge in [0.1, 0.15) is 29.9 Å². The van der Waals surface area contributed by atoms with Gasteiger partial charge in [0, 0.05) is 40.0 Å². The number of carboxylic acids is 1. The largest absolute Gasteiger partial charge is 0.543 e. The first-order valence-electron chi connectivity index (χ1n) is 12.4. The van der Waals surface area contributed by atoms with E-state index >= 15 is 0 Å². The van der Waals surface area contributed by atoms with E-state index in [2.05, 4.69) is 15.5 Å².